The number of hydrogen-bond acceptors (Lipinski definition) is 10. The first-order valence-corrected chi connectivity index (χ1v) is 14.8. The molecule has 2 aromatic carbocycles. The Labute approximate surface area is 248 Å². The van der Waals surface area contributed by atoms with Crippen LogP contribution in [0.25, 0.3) is 10.8 Å². The van der Waals surface area contributed by atoms with Gasteiger partial charge in [0.1, 0.15) is 23.7 Å². The third-order valence-electron chi connectivity index (χ3n) is 6.46. The van der Waals surface area contributed by atoms with Crippen LogP contribution in [-0.2, 0) is 23.4 Å². The van der Waals surface area contributed by atoms with Crippen LogP contribution in [0.2, 0.25) is 5.02 Å². The predicted molar refractivity (Wildman–Crippen MR) is 150 cm³/mol. The molecule has 0 aliphatic carbocycles. The molecule has 1 aliphatic rings. The van der Waals surface area contributed by atoms with Crippen molar-refractivity contribution in [2.45, 2.75) is 63.4 Å². The van der Waals surface area contributed by atoms with Gasteiger partial charge in [-0.3, -0.25) is 13.9 Å². The van der Waals surface area contributed by atoms with Gasteiger partial charge in [-0.1, -0.05) is 48.0 Å². The van der Waals surface area contributed by atoms with Crippen LogP contribution in [-0.4, -0.2) is 63.7 Å². The Hall–Kier alpha value is -3.20. The summed E-state index contributed by atoms with van der Waals surface area (Å²) in [5.41, 5.74) is 1.04. The number of carbonyl (C=O) groups is 1. The number of nitrogens with two attached hydrogens (primary N) is 1. The molecule has 3 aromatic rings. The summed E-state index contributed by atoms with van der Waals surface area (Å²) in [5.74, 6) is -1.27. The van der Waals surface area contributed by atoms with Gasteiger partial charge in [0, 0.05) is 11.6 Å². The van der Waals surface area contributed by atoms with E-state index in [2.05, 4.69) is 10.1 Å². The molecule has 12 nitrogen and oxygen atoms in total. The highest BCUT2D eigenvalue weighted by atomic mass is 35.5. The fourth-order valence-electron chi connectivity index (χ4n) is 4.31. The summed E-state index contributed by atoms with van der Waals surface area (Å²) in [6, 6.07) is 10.2. The highest BCUT2D eigenvalue weighted by Gasteiger charge is 2.63. The van der Waals surface area contributed by atoms with Crippen LogP contribution < -0.4 is 21.0 Å². The number of fused-ring (bicyclic) bond motifs is 1. The van der Waals surface area contributed by atoms with E-state index < -0.39 is 74.5 Å². The van der Waals surface area contributed by atoms with Crippen LogP contribution >= 0.6 is 19.3 Å². The molecule has 0 radical (unpaired) electrons. The third kappa shape index (κ3) is 6.82. The first-order valence-electron chi connectivity index (χ1n) is 12.9. The molecule has 1 aromatic heterocycles. The number of halogens is 4. The van der Waals surface area contributed by atoms with E-state index in [1.165, 1.54) is 13.0 Å². The Morgan fingerprint density at radius 3 is 2.60 bits per heavy atom. The number of aliphatic hydroxyl groups excluding tert-OH is 1. The second-order valence-electron chi connectivity index (χ2n) is 10.00. The molecule has 1 unspecified atom stereocenters. The van der Waals surface area contributed by atoms with Crippen molar-refractivity contribution in [2.75, 3.05) is 12.3 Å². The van der Waals surface area contributed by atoms with Gasteiger partial charge >= 0.3 is 19.4 Å². The molecule has 6 atom stereocenters. The van der Waals surface area contributed by atoms with Crippen molar-refractivity contribution in [3.05, 3.63) is 64.2 Å². The first-order chi connectivity index (χ1) is 20.2. The Morgan fingerprint density at radius 2 is 1.93 bits per heavy atom. The van der Waals surface area contributed by atoms with Crippen molar-refractivity contribution in [1.29, 1.82) is 0 Å². The fourth-order valence-corrected chi connectivity index (χ4v) is 6.00. The summed E-state index contributed by atoms with van der Waals surface area (Å²) in [6.07, 6.45) is -10.7. The van der Waals surface area contributed by atoms with Crippen LogP contribution in [0.15, 0.2) is 53.5 Å². The van der Waals surface area contributed by atoms with E-state index in [-0.39, 0.29) is 10.8 Å². The number of anilines is 1. The zero-order chi connectivity index (χ0) is 31.7. The molecule has 0 spiro atoms. The Kier molecular flexibility index (Phi) is 9.74. The molecule has 43 heavy (non-hydrogen) atoms. The quantitative estimate of drug-likeness (QED) is 0.203. The van der Waals surface area contributed by atoms with E-state index in [1.807, 2.05) is 0 Å². The lowest BCUT2D eigenvalue weighted by Gasteiger charge is -2.32. The minimum Gasteiger partial charge on any atom is -0.462 e. The molecular weight excluding hydrogens is 620 g/mol. The number of benzene rings is 2. The molecule has 234 valence electrons. The van der Waals surface area contributed by atoms with Gasteiger partial charge in [0.25, 0.3) is 6.43 Å². The second kappa shape index (κ2) is 12.8. The normalized spacial score (nSPS) is 24.3. The maximum Gasteiger partial charge on any atom is 0.459 e. The van der Waals surface area contributed by atoms with Gasteiger partial charge < -0.3 is 24.8 Å². The van der Waals surface area contributed by atoms with Crippen LogP contribution in [0.3, 0.4) is 0 Å². The average Bonchev–Trinajstić information content (AvgIpc) is 3.20. The number of nitrogen functional groups attached to an aromatic ring is 1. The number of rotatable bonds is 11. The molecular formula is C26H29ClF3N4O8P. The van der Waals surface area contributed by atoms with Crippen molar-refractivity contribution in [1.82, 2.24) is 14.6 Å². The SMILES string of the molecule is CC(C)OC(=O)[C@H](C)NP(=O)(OC[C@@]1(C(F)F)O[C@@H](n2cc(Cl)c(N)nc2=O)[C@H](O)[C@H]1F)Oc1cccc2ccccc12. The molecule has 0 amide bonds. The van der Waals surface area contributed by atoms with Crippen molar-refractivity contribution in [3.63, 3.8) is 0 Å². The number of aliphatic hydroxyl groups is 1. The van der Waals surface area contributed by atoms with Crippen molar-refractivity contribution < 1.29 is 46.2 Å². The van der Waals surface area contributed by atoms with Gasteiger partial charge in [-0.2, -0.15) is 10.1 Å². The molecule has 1 saturated heterocycles. The summed E-state index contributed by atoms with van der Waals surface area (Å²) >= 11 is 5.88. The van der Waals surface area contributed by atoms with E-state index in [4.69, 9.17) is 35.9 Å². The largest absolute Gasteiger partial charge is 0.462 e. The molecule has 4 rings (SSSR count). The predicted octanol–water partition coefficient (Wildman–Crippen LogP) is 4.00. The number of nitrogens with zero attached hydrogens (tertiary/aromatic N) is 2. The highest BCUT2D eigenvalue weighted by Crippen LogP contribution is 2.50. The molecule has 2 heterocycles. The molecule has 4 N–H and O–H groups in total. The average molecular weight is 649 g/mol. The molecule has 1 fully saturated rings. The standard InChI is InChI=1S/C26H29ClF3N4O8P/c1-13(2)40-23(36)14(3)33-43(38,42-18-10-6-8-15-7-4-5-9-16(15)18)39-12-26(24(29)30)20(28)19(35)22(41-26)34-11-17(27)21(31)32-25(34)37/h4-11,13-14,19-20,22,24,35H,12H2,1-3H3,(H,33,38)(H2,31,32,37)/t14-,19+,20+,22+,26+,43?/m0/s1. The zero-order valence-corrected chi connectivity index (χ0v) is 24.7. The summed E-state index contributed by atoms with van der Waals surface area (Å²) in [7, 11) is -4.83. The Bertz CT molecular complexity index is 1590. The third-order valence-corrected chi connectivity index (χ3v) is 8.36. The number of carbonyl (C=O) groups excluding carboxylic acids is 1. The van der Waals surface area contributed by atoms with Gasteiger partial charge in [-0.25, -0.2) is 22.5 Å². The highest BCUT2D eigenvalue weighted by molar-refractivity contribution is 7.52. The summed E-state index contributed by atoms with van der Waals surface area (Å²) in [4.78, 5) is 28.3. The lowest BCUT2D eigenvalue weighted by Crippen LogP contribution is -2.51. The van der Waals surface area contributed by atoms with E-state index >= 15 is 4.39 Å². The number of hydrogen-bond donors (Lipinski definition) is 3. The monoisotopic (exact) mass is 648 g/mol. The van der Waals surface area contributed by atoms with E-state index in [9.17, 15) is 28.0 Å². The van der Waals surface area contributed by atoms with Crippen LogP contribution in [0, 0.1) is 0 Å². The lowest BCUT2D eigenvalue weighted by atomic mass is 9.98. The Balaban J connectivity index is 1.69. The molecule has 0 saturated carbocycles. The lowest BCUT2D eigenvalue weighted by molar-refractivity contribution is -0.183. The minimum atomic E-state index is -4.83. The van der Waals surface area contributed by atoms with Gasteiger partial charge in [0.2, 0.25) is 0 Å². The van der Waals surface area contributed by atoms with Gasteiger partial charge in [-0.05, 0) is 32.2 Å². The van der Waals surface area contributed by atoms with Crippen LogP contribution in [0.1, 0.15) is 27.0 Å². The number of ether oxygens (including phenoxy) is 2. The van der Waals surface area contributed by atoms with Crippen molar-refractivity contribution >= 4 is 41.9 Å². The topological polar surface area (TPSA) is 164 Å². The number of alkyl halides is 3. The van der Waals surface area contributed by atoms with Gasteiger partial charge in [0.15, 0.2) is 18.0 Å². The van der Waals surface area contributed by atoms with Gasteiger partial charge in [-0.15, -0.1) is 0 Å². The second-order valence-corrected chi connectivity index (χ2v) is 12.1. The summed E-state index contributed by atoms with van der Waals surface area (Å²) in [5, 5.41) is 13.7. The number of nitrogens with one attached hydrogen (secondary N) is 1. The van der Waals surface area contributed by atoms with Crippen molar-refractivity contribution in [3.8, 4) is 5.75 Å². The molecule has 0 bridgehead atoms. The molecule has 17 heteroatoms. The summed E-state index contributed by atoms with van der Waals surface area (Å²) in [6.45, 7) is 2.96. The minimum absolute atomic E-state index is 0.0133. The van der Waals surface area contributed by atoms with Crippen molar-refractivity contribution in [2.24, 2.45) is 0 Å². The first kappa shape index (κ1) is 32.7. The fraction of sp³-hybridized carbons (Fsp3) is 0.423. The number of aromatic nitrogens is 2. The van der Waals surface area contributed by atoms with Crippen LogP contribution in [0.4, 0.5) is 19.0 Å². The Morgan fingerprint density at radius 1 is 1.26 bits per heavy atom. The maximum atomic E-state index is 15.5. The van der Waals surface area contributed by atoms with E-state index in [0.29, 0.717) is 15.3 Å². The van der Waals surface area contributed by atoms with E-state index in [0.717, 1.165) is 6.20 Å². The number of esters is 1. The van der Waals surface area contributed by atoms with E-state index in [1.54, 1.807) is 50.2 Å². The maximum absolute atomic E-state index is 15.5. The summed E-state index contributed by atoms with van der Waals surface area (Å²) < 4.78 is 80.6. The van der Waals surface area contributed by atoms with Gasteiger partial charge in [0.05, 0.1) is 17.7 Å². The van der Waals surface area contributed by atoms with Crippen LogP contribution in [0.5, 0.6) is 5.75 Å². The smallest absolute Gasteiger partial charge is 0.459 e. The molecule has 1 aliphatic heterocycles. The zero-order valence-electron chi connectivity index (χ0n) is 23.0.